The molecule has 0 radical (unpaired) electrons. The van der Waals surface area contributed by atoms with Gasteiger partial charge in [0.2, 0.25) is 0 Å². The highest BCUT2D eigenvalue weighted by Gasteiger charge is 2.32. The number of ether oxygens (including phenoxy) is 3. The molecule has 142 valence electrons. The lowest BCUT2D eigenvalue weighted by atomic mass is 10.1. The zero-order valence-electron chi connectivity index (χ0n) is 15.2. The maximum absolute atomic E-state index is 12.2. The largest absolute Gasteiger partial charge is 0.493 e. The molecule has 1 aromatic carbocycles. The zero-order chi connectivity index (χ0) is 19.2. The van der Waals surface area contributed by atoms with Crippen molar-refractivity contribution < 1.29 is 23.8 Å². The number of carbonyl (C=O) groups is 2. The van der Waals surface area contributed by atoms with Crippen LogP contribution in [0.3, 0.4) is 0 Å². The Labute approximate surface area is 157 Å². The fourth-order valence-electron chi connectivity index (χ4n) is 2.79. The Kier molecular flexibility index (Phi) is 6.09. The molecule has 2 aliphatic rings. The number of rotatable bonds is 7. The Morgan fingerprint density at radius 1 is 1.33 bits per heavy atom. The third-order valence-corrected chi connectivity index (χ3v) is 4.50. The van der Waals surface area contributed by atoms with E-state index in [1.807, 2.05) is 6.07 Å². The lowest BCUT2D eigenvalue weighted by Gasteiger charge is -2.11. The topological polar surface area (TPSA) is 97.7 Å². The molecule has 0 spiro atoms. The van der Waals surface area contributed by atoms with Gasteiger partial charge in [0, 0.05) is 13.2 Å². The number of methoxy groups -OCH3 is 1. The number of amides is 1. The molecule has 1 saturated carbocycles. The second-order valence-electron chi connectivity index (χ2n) is 6.62. The Morgan fingerprint density at radius 2 is 2.15 bits per heavy atom. The number of hydrogen-bond acceptors (Lipinski definition) is 6. The van der Waals surface area contributed by atoms with Crippen molar-refractivity contribution in [2.75, 3.05) is 20.3 Å². The van der Waals surface area contributed by atoms with Crippen LogP contribution >= 0.6 is 0 Å². The maximum atomic E-state index is 12.2. The van der Waals surface area contributed by atoms with Crippen molar-refractivity contribution in [3.8, 4) is 17.6 Å². The summed E-state index contributed by atoms with van der Waals surface area (Å²) in [7, 11) is 1.47. The molecular formula is C20H22N2O5. The van der Waals surface area contributed by atoms with Crippen LogP contribution in [-0.2, 0) is 14.3 Å². The molecule has 0 bridgehead atoms. The summed E-state index contributed by atoms with van der Waals surface area (Å²) in [5.41, 5.74) is 0.583. The van der Waals surface area contributed by atoms with Gasteiger partial charge >= 0.3 is 5.97 Å². The summed E-state index contributed by atoms with van der Waals surface area (Å²) in [5, 5.41) is 12.0. The van der Waals surface area contributed by atoms with Gasteiger partial charge < -0.3 is 19.5 Å². The summed E-state index contributed by atoms with van der Waals surface area (Å²) in [4.78, 5) is 24.1. The molecule has 1 amide bonds. The Hall–Kier alpha value is -2.85. The Bertz CT molecular complexity index is 786. The van der Waals surface area contributed by atoms with Gasteiger partial charge in [0.05, 0.1) is 19.1 Å². The zero-order valence-corrected chi connectivity index (χ0v) is 15.2. The predicted octanol–water partition coefficient (Wildman–Crippen LogP) is 2.21. The van der Waals surface area contributed by atoms with E-state index >= 15 is 0 Å². The van der Waals surface area contributed by atoms with E-state index in [9.17, 15) is 14.9 Å². The lowest BCUT2D eigenvalue weighted by molar-refractivity contribution is -0.135. The second-order valence-corrected chi connectivity index (χ2v) is 6.62. The molecule has 1 aromatic rings. The van der Waals surface area contributed by atoms with Crippen molar-refractivity contribution in [3.63, 3.8) is 0 Å². The molecule has 0 unspecified atom stereocenters. The number of carbonyl (C=O) groups excluding carboxylic acids is 2. The average Bonchev–Trinajstić information content (AvgIpc) is 3.41. The van der Waals surface area contributed by atoms with E-state index < -0.39 is 5.91 Å². The van der Waals surface area contributed by atoms with Crippen LogP contribution in [0.4, 0.5) is 0 Å². The quantitative estimate of drug-likeness (QED) is 0.342. The van der Waals surface area contributed by atoms with E-state index in [4.69, 9.17) is 14.2 Å². The molecule has 1 saturated heterocycles. The van der Waals surface area contributed by atoms with Gasteiger partial charge in [-0.25, -0.2) is 0 Å². The minimum atomic E-state index is -0.448. The maximum Gasteiger partial charge on any atom is 0.314 e. The Balaban J connectivity index is 1.68. The number of esters is 1. The molecule has 7 heteroatoms. The van der Waals surface area contributed by atoms with Gasteiger partial charge in [0.25, 0.3) is 5.91 Å². The fraction of sp³-hybridized carbons (Fsp3) is 0.450. The Morgan fingerprint density at radius 3 is 2.78 bits per heavy atom. The van der Waals surface area contributed by atoms with Crippen molar-refractivity contribution in [2.24, 2.45) is 5.92 Å². The molecule has 1 N–H and O–H groups in total. The van der Waals surface area contributed by atoms with E-state index in [2.05, 4.69) is 5.32 Å². The van der Waals surface area contributed by atoms with E-state index in [-0.39, 0.29) is 23.6 Å². The summed E-state index contributed by atoms with van der Waals surface area (Å²) in [6.07, 6.45) is 5.08. The average molecular weight is 370 g/mol. The van der Waals surface area contributed by atoms with Crippen LogP contribution in [0.2, 0.25) is 0 Å². The van der Waals surface area contributed by atoms with E-state index in [1.54, 1.807) is 18.2 Å². The van der Waals surface area contributed by atoms with Gasteiger partial charge in [-0.3, -0.25) is 9.59 Å². The molecule has 1 atom stereocenters. The third-order valence-electron chi connectivity index (χ3n) is 4.50. The van der Waals surface area contributed by atoms with E-state index in [0.717, 1.165) is 25.7 Å². The SMILES string of the molecule is COc1cc(/C=C(\C#N)C(=O)NC[C@H]2CCCO2)ccc1OC(=O)C1CC1. The molecule has 0 aromatic heterocycles. The molecule has 1 heterocycles. The van der Waals surface area contributed by atoms with Crippen molar-refractivity contribution in [1.82, 2.24) is 5.32 Å². The highest BCUT2D eigenvalue weighted by Crippen LogP contribution is 2.34. The van der Waals surface area contributed by atoms with Gasteiger partial charge in [-0.15, -0.1) is 0 Å². The van der Waals surface area contributed by atoms with Crippen LogP contribution in [-0.4, -0.2) is 38.2 Å². The van der Waals surface area contributed by atoms with Crippen molar-refractivity contribution in [3.05, 3.63) is 29.3 Å². The summed E-state index contributed by atoms with van der Waals surface area (Å²) >= 11 is 0. The number of hydrogen-bond donors (Lipinski definition) is 1. The first-order valence-corrected chi connectivity index (χ1v) is 9.02. The first-order chi connectivity index (χ1) is 13.1. The van der Waals surface area contributed by atoms with Gasteiger partial charge in [-0.05, 0) is 49.5 Å². The summed E-state index contributed by atoms with van der Waals surface area (Å²) in [5.74, 6) is -0.0336. The van der Waals surface area contributed by atoms with Gasteiger partial charge in [0.1, 0.15) is 11.6 Å². The third kappa shape index (κ3) is 5.08. The first kappa shape index (κ1) is 18.9. The fourth-order valence-corrected chi connectivity index (χ4v) is 2.79. The predicted molar refractivity (Wildman–Crippen MR) is 96.9 cm³/mol. The van der Waals surface area contributed by atoms with Gasteiger partial charge in [-0.1, -0.05) is 6.07 Å². The smallest absolute Gasteiger partial charge is 0.314 e. The number of nitriles is 1. The highest BCUT2D eigenvalue weighted by atomic mass is 16.6. The standard InChI is InChI=1S/C20H22N2O5/c1-25-18-10-13(4-7-17(18)27-20(24)14-5-6-14)9-15(11-21)19(23)22-12-16-3-2-8-26-16/h4,7,9-10,14,16H,2-3,5-6,8,12H2,1H3,(H,22,23)/b15-9+/t16-/m1/s1. The highest BCUT2D eigenvalue weighted by molar-refractivity contribution is 6.01. The van der Waals surface area contributed by atoms with Crippen LogP contribution in [0.15, 0.2) is 23.8 Å². The van der Waals surface area contributed by atoms with Crippen LogP contribution < -0.4 is 14.8 Å². The van der Waals surface area contributed by atoms with Crippen molar-refractivity contribution in [1.29, 1.82) is 5.26 Å². The monoisotopic (exact) mass is 370 g/mol. The van der Waals surface area contributed by atoms with E-state index in [0.29, 0.717) is 30.2 Å². The van der Waals surface area contributed by atoms with Crippen LogP contribution in [0.1, 0.15) is 31.2 Å². The minimum Gasteiger partial charge on any atom is -0.493 e. The number of nitrogens with zero attached hydrogens (tertiary/aromatic N) is 1. The van der Waals surface area contributed by atoms with Crippen LogP contribution in [0.5, 0.6) is 11.5 Å². The first-order valence-electron chi connectivity index (χ1n) is 9.02. The molecule has 1 aliphatic heterocycles. The molecule has 3 rings (SSSR count). The van der Waals surface area contributed by atoms with E-state index in [1.165, 1.54) is 13.2 Å². The van der Waals surface area contributed by atoms with Crippen molar-refractivity contribution >= 4 is 18.0 Å². The molecule has 1 aliphatic carbocycles. The summed E-state index contributed by atoms with van der Waals surface area (Å²) in [6, 6.07) is 6.81. The normalized spacial score (nSPS) is 19.3. The van der Waals surface area contributed by atoms with Crippen LogP contribution in [0, 0.1) is 17.2 Å². The summed E-state index contributed by atoms with van der Waals surface area (Å²) < 4.78 is 16.1. The van der Waals surface area contributed by atoms with Crippen molar-refractivity contribution in [2.45, 2.75) is 31.8 Å². The molecule has 7 nitrogen and oxygen atoms in total. The van der Waals surface area contributed by atoms with Crippen LogP contribution in [0.25, 0.3) is 6.08 Å². The number of benzene rings is 1. The molecule has 27 heavy (non-hydrogen) atoms. The minimum absolute atomic E-state index is 0.00873. The summed E-state index contributed by atoms with van der Waals surface area (Å²) in [6.45, 7) is 1.09. The number of nitrogens with one attached hydrogen (secondary N) is 1. The second kappa shape index (κ2) is 8.69. The van der Waals surface area contributed by atoms with Gasteiger partial charge in [0.15, 0.2) is 11.5 Å². The molecule has 2 fully saturated rings. The van der Waals surface area contributed by atoms with Gasteiger partial charge in [-0.2, -0.15) is 5.26 Å². The molecular weight excluding hydrogens is 348 g/mol. The lowest BCUT2D eigenvalue weighted by Crippen LogP contribution is -2.32.